The summed E-state index contributed by atoms with van der Waals surface area (Å²) < 4.78 is 42.0. The highest BCUT2D eigenvalue weighted by Crippen LogP contribution is 2.23. The molecule has 0 amide bonds. The lowest BCUT2D eigenvalue weighted by atomic mass is 10.2. The maximum Gasteiger partial charge on any atom is 0.165 e. The summed E-state index contributed by atoms with van der Waals surface area (Å²) in [4.78, 5) is 0. The van der Waals surface area contributed by atoms with Crippen molar-refractivity contribution in [2.45, 2.75) is 32.4 Å². The Morgan fingerprint density at radius 1 is 1.45 bits per heavy atom. The van der Waals surface area contributed by atoms with Crippen molar-refractivity contribution in [2.75, 3.05) is 18.1 Å². The van der Waals surface area contributed by atoms with Gasteiger partial charge in [-0.1, -0.05) is 13.0 Å². The van der Waals surface area contributed by atoms with Crippen LogP contribution in [0.25, 0.3) is 0 Å². The van der Waals surface area contributed by atoms with E-state index >= 15 is 0 Å². The first-order valence-electron chi connectivity index (χ1n) is 6.86. The molecule has 1 aromatic carbocycles. The number of rotatable bonds is 6. The van der Waals surface area contributed by atoms with E-state index in [2.05, 4.69) is 12.2 Å². The van der Waals surface area contributed by atoms with Crippen molar-refractivity contribution in [2.24, 2.45) is 0 Å². The number of hydrogen-bond donors (Lipinski definition) is 1. The minimum atomic E-state index is -3.01. The van der Waals surface area contributed by atoms with Gasteiger partial charge in [0.25, 0.3) is 0 Å². The van der Waals surface area contributed by atoms with Crippen LogP contribution in [0.3, 0.4) is 0 Å². The molecule has 1 N–H and O–H groups in total. The smallest absolute Gasteiger partial charge is 0.165 e. The lowest BCUT2D eigenvalue weighted by Crippen LogP contribution is -2.18. The van der Waals surface area contributed by atoms with Crippen LogP contribution < -0.4 is 10.1 Å². The van der Waals surface area contributed by atoms with E-state index in [9.17, 15) is 12.8 Å². The molecule has 0 aliphatic carbocycles. The Kier molecular flexibility index (Phi) is 4.99. The molecule has 1 unspecified atom stereocenters. The highest BCUT2D eigenvalue weighted by molar-refractivity contribution is 7.91. The molecule has 4 nitrogen and oxygen atoms in total. The van der Waals surface area contributed by atoms with Gasteiger partial charge in [0.2, 0.25) is 0 Å². The van der Waals surface area contributed by atoms with E-state index in [0.29, 0.717) is 13.0 Å². The van der Waals surface area contributed by atoms with Gasteiger partial charge in [-0.25, -0.2) is 12.8 Å². The monoisotopic (exact) mass is 301 g/mol. The maximum atomic E-state index is 13.9. The molecule has 112 valence electrons. The summed E-state index contributed by atoms with van der Waals surface area (Å²) in [5.74, 6) is -0.207. The number of hydrogen-bond acceptors (Lipinski definition) is 4. The second-order valence-electron chi connectivity index (χ2n) is 5.08. The Balaban J connectivity index is 1.96. The molecule has 6 heteroatoms. The fourth-order valence-corrected chi connectivity index (χ4v) is 3.78. The van der Waals surface area contributed by atoms with Crippen molar-refractivity contribution in [1.29, 1.82) is 0 Å². The van der Waals surface area contributed by atoms with Gasteiger partial charge in [-0.3, -0.25) is 0 Å². The Bertz CT molecular complexity index is 560. The molecule has 0 bridgehead atoms. The minimum absolute atomic E-state index is 0.0216. The van der Waals surface area contributed by atoms with Crippen molar-refractivity contribution in [3.8, 4) is 5.75 Å². The molecule has 1 aromatic rings. The Morgan fingerprint density at radius 3 is 2.85 bits per heavy atom. The average molecular weight is 301 g/mol. The van der Waals surface area contributed by atoms with Crippen molar-refractivity contribution in [3.63, 3.8) is 0 Å². The van der Waals surface area contributed by atoms with Crippen LogP contribution in [0.2, 0.25) is 0 Å². The quantitative estimate of drug-likeness (QED) is 0.815. The minimum Gasteiger partial charge on any atom is -0.486 e. The second-order valence-corrected chi connectivity index (χ2v) is 7.31. The predicted octanol–water partition coefficient (Wildman–Crippen LogP) is 1.89. The van der Waals surface area contributed by atoms with Crippen LogP contribution in [0.15, 0.2) is 18.2 Å². The third-order valence-electron chi connectivity index (χ3n) is 3.24. The van der Waals surface area contributed by atoms with Gasteiger partial charge in [0.1, 0.15) is 6.10 Å². The van der Waals surface area contributed by atoms with E-state index in [1.54, 1.807) is 12.1 Å². The van der Waals surface area contributed by atoms with Gasteiger partial charge >= 0.3 is 0 Å². The van der Waals surface area contributed by atoms with Crippen LogP contribution in [-0.4, -0.2) is 32.6 Å². The number of sulfone groups is 1. The summed E-state index contributed by atoms with van der Waals surface area (Å²) in [7, 11) is -3.01. The highest BCUT2D eigenvalue weighted by atomic mass is 32.2. The average Bonchev–Trinajstić information content (AvgIpc) is 2.72. The Labute approximate surface area is 119 Å². The first kappa shape index (κ1) is 15.3. The normalized spacial score (nSPS) is 21.0. The first-order chi connectivity index (χ1) is 9.50. The molecule has 20 heavy (non-hydrogen) atoms. The van der Waals surface area contributed by atoms with Gasteiger partial charge in [-0.05, 0) is 37.1 Å². The van der Waals surface area contributed by atoms with E-state index in [-0.39, 0.29) is 17.3 Å². The second kappa shape index (κ2) is 6.54. The van der Waals surface area contributed by atoms with Crippen LogP contribution in [0.4, 0.5) is 4.39 Å². The Morgan fingerprint density at radius 2 is 2.25 bits per heavy atom. The van der Waals surface area contributed by atoms with Crippen LogP contribution in [-0.2, 0) is 16.4 Å². The SMILES string of the molecule is CCCNCc1ccc(OC2CCS(=O)(=O)C2)c(F)c1. The zero-order valence-corrected chi connectivity index (χ0v) is 12.4. The molecule has 1 aliphatic heterocycles. The topological polar surface area (TPSA) is 55.4 Å². The van der Waals surface area contributed by atoms with E-state index in [1.807, 2.05) is 0 Å². The summed E-state index contributed by atoms with van der Waals surface area (Å²) in [6.07, 6.45) is 1.03. The number of halogens is 1. The van der Waals surface area contributed by atoms with E-state index in [0.717, 1.165) is 18.5 Å². The van der Waals surface area contributed by atoms with Crippen LogP contribution >= 0.6 is 0 Å². The van der Waals surface area contributed by atoms with Crippen molar-refractivity contribution in [3.05, 3.63) is 29.6 Å². The number of ether oxygens (including phenoxy) is 1. The number of benzene rings is 1. The fraction of sp³-hybridized carbons (Fsp3) is 0.571. The van der Waals surface area contributed by atoms with Gasteiger partial charge in [0.15, 0.2) is 21.4 Å². The first-order valence-corrected chi connectivity index (χ1v) is 8.68. The summed E-state index contributed by atoms with van der Waals surface area (Å²) in [5, 5.41) is 3.20. The van der Waals surface area contributed by atoms with Crippen LogP contribution in [0.5, 0.6) is 5.75 Å². The molecule has 1 saturated heterocycles. The van der Waals surface area contributed by atoms with E-state index in [4.69, 9.17) is 4.74 Å². The molecular formula is C14H20FNO3S. The molecule has 1 heterocycles. The summed E-state index contributed by atoms with van der Waals surface area (Å²) in [5.41, 5.74) is 0.849. The summed E-state index contributed by atoms with van der Waals surface area (Å²) in [6.45, 7) is 3.57. The Hall–Kier alpha value is -1.14. The molecule has 0 spiro atoms. The van der Waals surface area contributed by atoms with Gasteiger partial charge in [-0.15, -0.1) is 0 Å². The molecule has 2 rings (SSSR count). The molecule has 0 saturated carbocycles. The fourth-order valence-electron chi connectivity index (χ4n) is 2.19. The van der Waals surface area contributed by atoms with Gasteiger partial charge in [-0.2, -0.15) is 0 Å². The molecule has 1 aliphatic rings. The van der Waals surface area contributed by atoms with Crippen molar-refractivity contribution >= 4 is 9.84 Å². The zero-order valence-electron chi connectivity index (χ0n) is 11.6. The lowest BCUT2D eigenvalue weighted by molar-refractivity contribution is 0.218. The van der Waals surface area contributed by atoms with Crippen LogP contribution in [0.1, 0.15) is 25.3 Å². The lowest BCUT2D eigenvalue weighted by Gasteiger charge is -2.13. The van der Waals surface area contributed by atoms with E-state index in [1.165, 1.54) is 6.07 Å². The molecular weight excluding hydrogens is 281 g/mol. The standard InChI is InChI=1S/C14H20FNO3S/c1-2-6-16-9-11-3-4-14(13(15)8-11)19-12-5-7-20(17,18)10-12/h3-4,8,12,16H,2,5-7,9-10H2,1H3. The third-order valence-corrected chi connectivity index (χ3v) is 4.97. The summed E-state index contributed by atoms with van der Waals surface area (Å²) in [6, 6.07) is 4.80. The molecule has 0 radical (unpaired) electrons. The van der Waals surface area contributed by atoms with Crippen molar-refractivity contribution in [1.82, 2.24) is 5.32 Å². The predicted molar refractivity (Wildman–Crippen MR) is 76.1 cm³/mol. The molecule has 0 aromatic heterocycles. The summed E-state index contributed by atoms with van der Waals surface area (Å²) >= 11 is 0. The van der Waals surface area contributed by atoms with Gasteiger partial charge < -0.3 is 10.1 Å². The van der Waals surface area contributed by atoms with Crippen LogP contribution in [0, 0.1) is 5.82 Å². The zero-order chi connectivity index (χ0) is 14.6. The number of nitrogens with one attached hydrogen (secondary N) is 1. The van der Waals surface area contributed by atoms with Crippen molar-refractivity contribution < 1.29 is 17.5 Å². The molecule has 1 atom stereocenters. The molecule has 1 fully saturated rings. The largest absolute Gasteiger partial charge is 0.486 e. The van der Waals surface area contributed by atoms with Gasteiger partial charge in [0.05, 0.1) is 11.5 Å². The third kappa shape index (κ3) is 4.18. The van der Waals surface area contributed by atoms with Gasteiger partial charge in [0, 0.05) is 6.54 Å². The maximum absolute atomic E-state index is 13.9. The van der Waals surface area contributed by atoms with E-state index < -0.39 is 21.8 Å². The highest BCUT2D eigenvalue weighted by Gasteiger charge is 2.29.